The first kappa shape index (κ1) is 27.8. The first-order chi connectivity index (χ1) is 18.5. The minimum atomic E-state index is -0.870. The number of methoxy groups -OCH3 is 2. The van der Waals surface area contributed by atoms with Gasteiger partial charge in [-0.05, 0) is 67.3 Å². The standard InChI is InChI=1S/C32H35NO6/c1-19(2)39-23-14-11-20(12-15-23)28-27(29(34)21-13-16-26(38-7)25(17-21)32(3,4)5)30(35)31(36)33(28)22-9-8-10-24(18-22)37-6/h8-19,28,34H,1-7H3/b29-27-. The van der Waals surface area contributed by atoms with Crippen LogP contribution < -0.4 is 19.1 Å². The van der Waals surface area contributed by atoms with Crippen LogP contribution in [0.15, 0.2) is 72.3 Å². The summed E-state index contributed by atoms with van der Waals surface area (Å²) >= 11 is 0. The van der Waals surface area contributed by atoms with E-state index < -0.39 is 17.7 Å². The molecule has 7 heteroatoms. The van der Waals surface area contributed by atoms with E-state index in [1.807, 2.05) is 52.8 Å². The Kier molecular flexibility index (Phi) is 7.72. The van der Waals surface area contributed by atoms with Gasteiger partial charge >= 0.3 is 0 Å². The maximum Gasteiger partial charge on any atom is 0.300 e. The predicted octanol–water partition coefficient (Wildman–Crippen LogP) is 6.41. The van der Waals surface area contributed by atoms with E-state index >= 15 is 0 Å². The zero-order valence-corrected chi connectivity index (χ0v) is 23.4. The monoisotopic (exact) mass is 529 g/mol. The molecule has 3 aromatic carbocycles. The molecule has 0 aromatic heterocycles. The summed E-state index contributed by atoms with van der Waals surface area (Å²) < 4.78 is 16.7. The number of carbonyl (C=O) groups is 2. The van der Waals surface area contributed by atoms with E-state index in [4.69, 9.17) is 14.2 Å². The number of hydrogen-bond acceptors (Lipinski definition) is 6. The topological polar surface area (TPSA) is 85.3 Å². The summed E-state index contributed by atoms with van der Waals surface area (Å²) in [5, 5.41) is 11.6. The molecule has 1 aliphatic heterocycles. The van der Waals surface area contributed by atoms with Gasteiger partial charge in [0.2, 0.25) is 0 Å². The lowest BCUT2D eigenvalue weighted by molar-refractivity contribution is -0.132. The normalized spacial score (nSPS) is 17.0. The van der Waals surface area contributed by atoms with E-state index in [1.54, 1.807) is 55.6 Å². The number of aliphatic hydroxyl groups is 1. The fraction of sp³-hybridized carbons (Fsp3) is 0.312. The third kappa shape index (κ3) is 5.48. The molecular formula is C32H35NO6. The van der Waals surface area contributed by atoms with Crippen molar-refractivity contribution in [1.29, 1.82) is 0 Å². The van der Waals surface area contributed by atoms with Crippen molar-refractivity contribution in [2.75, 3.05) is 19.1 Å². The number of Topliss-reactive ketones (excluding diaryl/α,β-unsaturated/α-hetero) is 1. The van der Waals surface area contributed by atoms with Crippen LogP contribution in [0.2, 0.25) is 0 Å². The summed E-state index contributed by atoms with van der Waals surface area (Å²) in [7, 11) is 3.13. The number of anilines is 1. The number of carbonyl (C=O) groups excluding carboxylic acids is 2. The van der Waals surface area contributed by atoms with Crippen molar-refractivity contribution in [3.8, 4) is 17.2 Å². The van der Waals surface area contributed by atoms with Crippen molar-refractivity contribution < 1.29 is 28.9 Å². The van der Waals surface area contributed by atoms with Gasteiger partial charge in [0, 0.05) is 22.9 Å². The molecule has 0 bridgehead atoms. The van der Waals surface area contributed by atoms with Gasteiger partial charge in [-0.1, -0.05) is 39.0 Å². The molecule has 0 radical (unpaired) electrons. The van der Waals surface area contributed by atoms with Crippen LogP contribution in [0.4, 0.5) is 5.69 Å². The molecule has 7 nitrogen and oxygen atoms in total. The quantitative estimate of drug-likeness (QED) is 0.216. The maximum absolute atomic E-state index is 13.6. The molecule has 1 saturated heterocycles. The van der Waals surface area contributed by atoms with Gasteiger partial charge in [-0.25, -0.2) is 0 Å². The van der Waals surface area contributed by atoms with Crippen molar-refractivity contribution in [2.24, 2.45) is 0 Å². The highest BCUT2D eigenvalue weighted by Crippen LogP contribution is 2.44. The Bertz CT molecular complexity index is 1420. The van der Waals surface area contributed by atoms with Crippen LogP contribution in [0.5, 0.6) is 17.2 Å². The zero-order chi connectivity index (χ0) is 28.5. The van der Waals surface area contributed by atoms with E-state index in [2.05, 4.69) is 0 Å². The summed E-state index contributed by atoms with van der Waals surface area (Å²) in [6, 6.07) is 18.6. The van der Waals surface area contributed by atoms with Crippen LogP contribution >= 0.6 is 0 Å². The molecule has 0 saturated carbocycles. The first-order valence-electron chi connectivity index (χ1n) is 12.9. The molecular weight excluding hydrogens is 494 g/mol. The molecule has 1 aliphatic rings. The highest BCUT2D eigenvalue weighted by molar-refractivity contribution is 6.51. The van der Waals surface area contributed by atoms with Gasteiger partial charge < -0.3 is 19.3 Å². The fourth-order valence-corrected chi connectivity index (χ4v) is 4.77. The van der Waals surface area contributed by atoms with Gasteiger partial charge in [0.15, 0.2) is 0 Å². The molecule has 4 rings (SSSR count). The lowest BCUT2D eigenvalue weighted by Crippen LogP contribution is -2.29. The van der Waals surface area contributed by atoms with Crippen LogP contribution in [0.25, 0.3) is 5.76 Å². The summed E-state index contributed by atoms with van der Waals surface area (Å²) in [6.45, 7) is 9.99. The first-order valence-corrected chi connectivity index (χ1v) is 12.9. The second kappa shape index (κ2) is 10.8. The lowest BCUT2D eigenvalue weighted by Gasteiger charge is -2.26. The highest BCUT2D eigenvalue weighted by atomic mass is 16.5. The molecule has 1 N–H and O–H groups in total. The smallest absolute Gasteiger partial charge is 0.300 e. The summed E-state index contributed by atoms with van der Waals surface area (Å²) in [5.41, 5.74) is 2.13. The molecule has 1 unspecified atom stereocenters. The fourth-order valence-electron chi connectivity index (χ4n) is 4.77. The number of ketones is 1. The Labute approximate surface area is 229 Å². The lowest BCUT2D eigenvalue weighted by atomic mass is 9.84. The molecule has 39 heavy (non-hydrogen) atoms. The number of ether oxygens (including phenoxy) is 3. The van der Waals surface area contributed by atoms with Gasteiger partial charge in [0.1, 0.15) is 23.0 Å². The third-order valence-electron chi connectivity index (χ3n) is 6.62. The summed E-state index contributed by atoms with van der Waals surface area (Å²) in [5.74, 6) is 0.126. The Balaban J connectivity index is 1.93. The van der Waals surface area contributed by atoms with Crippen molar-refractivity contribution >= 4 is 23.1 Å². The van der Waals surface area contributed by atoms with Crippen molar-refractivity contribution in [1.82, 2.24) is 0 Å². The molecule has 3 aromatic rings. The maximum atomic E-state index is 13.6. The Hall–Kier alpha value is -4.26. The minimum absolute atomic E-state index is 0.00498. The number of amides is 1. The van der Waals surface area contributed by atoms with Crippen molar-refractivity contribution in [3.05, 3.63) is 89.0 Å². The van der Waals surface area contributed by atoms with Crippen LogP contribution in [0.1, 0.15) is 57.4 Å². The van der Waals surface area contributed by atoms with E-state index in [1.165, 1.54) is 12.0 Å². The molecule has 0 spiro atoms. The SMILES string of the molecule is COc1cccc(N2C(=O)C(=O)/C(=C(\O)c3ccc(OC)c(C(C)(C)C)c3)C2c2ccc(OC(C)C)cc2)c1. The molecule has 204 valence electrons. The Morgan fingerprint density at radius 3 is 2.18 bits per heavy atom. The average molecular weight is 530 g/mol. The van der Waals surface area contributed by atoms with Gasteiger partial charge in [0.05, 0.1) is 31.9 Å². The van der Waals surface area contributed by atoms with E-state index in [0.717, 1.165) is 5.56 Å². The van der Waals surface area contributed by atoms with Gasteiger partial charge in [0.25, 0.3) is 11.7 Å². The molecule has 1 amide bonds. The number of rotatable bonds is 7. The second-order valence-corrected chi connectivity index (χ2v) is 10.8. The van der Waals surface area contributed by atoms with Crippen LogP contribution in [0.3, 0.4) is 0 Å². The number of hydrogen-bond donors (Lipinski definition) is 1. The van der Waals surface area contributed by atoms with E-state index in [9.17, 15) is 14.7 Å². The Morgan fingerprint density at radius 2 is 1.59 bits per heavy atom. The summed E-state index contributed by atoms with van der Waals surface area (Å²) in [4.78, 5) is 28.5. The van der Waals surface area contributed by atoms with Gasteiger partial charge in [-0.3, -0.25) is 14.5 Å². The highest BCUT2D eigenvalue weighted by Gasteiger charge is 2.47. The van der Waals surface area contributed by atoms with Gasteiger partial charge in [-0.15, -0.1) is 0 Å². The minimum Gasteiger partial charge on any atom is -0.507 e. The van der Waals surface area contributed by atoms with Crippen molar-refractivity contribution in [2.45, 2.75) is 52.2 Å². The number of benzene rings is 3. The number of nitrogens with zero attached hydrogens (tertiary/aromatic N) is 1. The van der Waals surface area contributed by atoms with Crippen LogP contribution in [-0.2, 0) is 15.0 Å². The Morgan fingerprint density at radius 1 is 0.897 bits per heavy atom. The largest absolute Gasteiger partial charge is 0.507 e. The average Bonchev–Trinajstić information content (AvgIpc) is 3.17. The van der Waals surface area contributed by atoms with E-state index in [-0.39, 0.29) is 22.9 Å². The van der Waals surface area contributed by atoms with Gasteiger partial charge in [-0.2, -0.15) is 0 Å². The number of aliphatic hydroxyl groups excluding tert-OH is 1. The van der Waals surface area contributed by atoms with Crippen LogP contribution in [-0.4, -0.2) is 37.1 Å². The van der Waals surface area contributed by atoms with E-state index in [0.29, 0.717) is 34.1 Å². The molecule has 0 aliphatic carbocycles. The second-order valence-electron chi connectivity index (χ2n) is 10.8. The molecule has 1 atom stereocenters. The molecule has 1 heterocycles. The van der Waals surface area contributed by atoms with Crippen LogP contribution in [0, 0.1) is 0 Å². The summed E-state index contributed by atoms with van der Waals surface area (Å²) in [6.07, 6.45) is -0.00893. The molecule has 1 fully saturated rings. The third-order valence-corrected chi connectivity index (χ3v) is 6.62. The predicted molar refractivity (Wildman–Crippen MR) is 152 cm³/mol. The van der Waals surface area contributed by atoms with Crippen molar-refractivity contribution in [3.63, 3.8) is 0 Å². The zero-order valence-electron chi connectivity index (χ0n) is 23.4.